The van der Waals surface area contributed by atoms with Crippen LogP contribution in [-0.2, 0) is 11.2 Å². The van der Waals surface area contributed by atoms with Gasteiger partial charge in [-0.3, -0.25) is 4.79 Å². The van der Waals surface area contributed by atoms with Crippen molar-refractivity contribution in [1.29, 1.82) is 0 Å². The molecular weight excluding hydrogens is 314 g/mol. The van der Waals surface area contributed by atoms with Crippen molar-refractivity contribution < 1.29 is 9.90 Å². The fourth-order valence-corrected chi connectivity index (χ4v) is 4.80. The van der Waals surface area contributed by atoms with E-state index in [1.54, 1.807) is 11.3 Å². The number of thiophene rings is 1. The maximum Gasteiger partial charge on any atom is 0.308 e. The number of aryl methyl sites for hydroxylation is 1. The van der Waals surface area contributed by atoms with Gasteiger partial charge in [0.2, 0.25) is 0 Å². The SMILES string of the molecule is Cc1nc(Sc2ncnc3ccsc23)sc1CC(=O)O. The molecule has 0 radical (unpaired) electrons. The van der Waals surface area contributed by atoms with Gasteiger partial charge in [-0.2, -0.15) is 0 Å². The van der Waals surface area contributed by atoms with Crippen LogP contribution in [0.25, 0.3) is 10.2 Å². The Balaban J connectivity index is 1.91. The van der Waals surface area contributed by atoms with E-state index in [4.69, 9.17) is 5.11 Å². The first-order chi connectivity index (χ1) is 9.63. The van der Waals surface area contributed by atoms with E-state index in [0.717, 1.165) is 30.2 Å². The number of hydrogen-bond acceptors (Lipinski definition) is 7. The lowest BCUT2D eigenvalue weighted by atomic mass is 10.3. The lowest BCUT2D eigenvalue weighted by Crippen LogP contribution is -1.99. The molecule has 3 heterocycles. The highest BCUT2D eigenvalue weighted by Gasteiger charge is 2.14. The molecule has 102 valence electrons. The van der Waals surface area contributed by atoms with Crippen LogP contribution in [-0.4, -0.2) is 26.0 Å². The summed E-state index contributed by atoms with van der Waals surface area (Å²) in [5.41, 5.74) is 1.70. The predicted molar refractivity (Wildman–Crippen MR) is 79.7 cm³/mol. The first kappa shape index (κ1) is 13.5. The molecule has 8 heteroatoms. The molecule has 3 aromatic heterocycles. The molecule has 20 heavy (non-hydrogen) atoms. The van der Waals surface area contributed by atoms with Crippen LogP contribution in [0.2, 0.25) is 0 Å². The molecule has 0 aliphatic rings. The molecule has 0 fully saturated rings. The van der Waals surface area contributed by atoms with Gasteiger partial charge in [0.05, 0.1) is 22.3 Å². The Hall–Kier alpha value is -1.51. The molecule has 0 saturated heterocycles. The molecule has 3 rings (SSSR count). The largest absolute Gasteiger partial charge is 0.481 e. The predicted octanol–water partition coefficient (Wildman–Crippen LogP) is 3.23. The number of hydrogen-bond donors (Lipinski definition) is 1. The number of carbonyl (C=O) groups is 1. The lowest BCUT2D eigenvalue weighted by molar-refractivity contribution is -0.136. The van der Waals surface area contributed by atoms with E-state index < -0.39 is 5.97 Å². The van der Waals surface area contributed by atoms with E-state index >= 15 is 0 Å². The standard InChI is InChI=1S/C12H9N3O2S3/c1-6-8(4-9(16)17)19-12(15-6)20-11-10-7(2-3-18-10)13-5-14-11/h2-3,5H,4H2,1H3,(H,16,17). The number of thiazole rings is 1. The average molecular weight is 323 g/mol. The Morgan fingerprint density at radius 2 is 2.30 bits per heavy atom. The maximum atomic E-state index is 10.8. The van der Waals surface area contributed by atoms with Crippen LogP contribution < -0.4 is 0 Å². The van der Waals surface area contributed by atoms with Gasteiger partial charge in [-0.05, 0) is 30.1 Å². The van der Waals surface area contributed by atoms with Crippen molar-refractivity contribution in [2.75, 3.05) is 0 Å². The summed E-state index contributed by atoms with van der Waals surface area (Å²) < 4.78 is 1.84. The first-order valence-electron chi connectivity index (χ1n) is 5.67. The van der Waals surface area contributed by atoms with E-state index in [1.807, 2.05) is 18.4 Å². The first-order valence-corrected chi connectivity index (χ1v) is 8.19. The van der Waals surface area contributed by atoms with Crippen molar-refractivity contribution >= 4 is 50.6 Å². The number of rotatable bonds is 4. The molecule has 0 spiro atoms. The zero-order valence-corrected chi connectivity index (χ0v) is 12.8. The minimum Gasteiger partial charge on any atom is -0.481 e. The van der Waals surface area contributed by atoms with Crippen LogP contribution in [0, 0.1) is 6.92 Å². The van der Waals surface area contributed by atoms with Crippen molar-refractivity contribution in [2.45, 2.75) is 22.7 Å². The number of fused-ring (bicyclic) bond motifs is 1. The zero-order valence-electron chi connectivity index (χ0n) is 10.4. The topological polar surface area (TPSA) is 76.0 Å². The Bertz CT molecular complexity index is 781. The lowest BCUT2D eigenvalue weighted by Gasteiger charge is -1.97. The minimum atomic E-state index is -0.837. The van der Waals surface area contributed by atoms with Gasteiger partial charge in [0, 0.05) is 4.88 Å². The fraction of sp³-hybridized carbons (Fsp3) is 0.167. The Morgan fingerprint density at radius 3 is 3.10 bits per heavy atom. The second-order valence-corrected chi connectivity index (χ2v) is 7.21. The summed E-state index contributed by atoms with van der Waals surface area (Å²) in [4.78, 5) is 24.5. The molecule has 0 amide bonds. The maximum absolute atomic E-state index is 10.8. The summed E-state index contributed by atoms with van der Waals surface area (Å²) in [7, 11) is 0. The van der Waals surface area contributed by atoms with Crippen molar-refractivity contribution in [3.63, 3.8) is 0 Å². The quantitative estimate of drug-likeness (QED) is 0.743. The molecule has 0 saturated carbocycles. The highest BCUT2D eigenvalue weighted by Crippen LogP contribution is 2.36. The molecule has 3 aromatic rings. The molecule has 0 atom stereocenters. The highest BCUT2D eigenvalue weighted by molar-refractivity contribution is 8.01. The van der Waals surface area contributed by atoms with Crippen LogP contribution in [0.15, 0.2) is 27.1 Å². The van der Waals surface area contributed by atoms with Crippen molar-refractivity contribution in [1.82, 2.24) is 15.0 Å². The summed E-state index contributed by atoms with van der Waals surface area (Å²) in [6.45, 7) is 1.83. The molecule has 0 bridgehead atoms. The fourth-order valence-electron chi connectivity index (χ4n) is 1.67. The summed E-state index contributed by atoms with van der Waals surface area (Å²) in [6.07, 6.45) is 1.55. The molecule has 0 aromatic carbocycles. The monoisotopic (exact) mass is 323 g/mol. The van der Waals surface area contributed by atoms with Crippen molar-refractivity contribution in [3.05, 3.63) is 28.3 Å². The Labute approximate surface area is 126 Å². The summed E-state index contributed by atoms with van der Waals surface area (Å²) >= 11 is 4.46. The average Bonchev–Trinajstić information content (AvgIpc) is 2.97. The third-order valence-electron chi connectivity index (χ3n) is 2.58. The number of carboxylic acids is 1. The number of aliphatic carboxylic acids is 1. The number of nitrogens with zero attached hydrogens (tertiary/aromatic N) is 3. The summed E-state index contributed by atoms with van der Waals surface area (Å²) in [5, 5.41) is 11.7. The minimum absolute atomic E-state index is 0.0161. The highest BCUT2D eigenvalue weighted by atomic mass is 32.2. The van der Waals surface area contributed by atoms with Gasteiger partial charge in [0.1, 0.15) is 11.4 Å². The van der Waals surface area contributed by atoms with Crippen LogP contribution in [0.1, 0.15) is 10.6 Å². The smallest absolute Gasteiger partial charge is 0.308 e. The van der Waals surface area contributed by atoms with Gasteiger partial charge < -0.3 is 5.11 Å². The molecular formula is C12H9N3O2S3. The van der Waals surface area contributed by atoms with Crippen molar-refractivity contribution in [2.24, 2.45) is 0 Å². The van der Waals surface area contributed by atoms with E-state index in [9.17, 15) is 4.79 Å². The molecule has 1 N–H and O–H groups in total. The summed E-state index contributed by atoms with van der Waals surface area (Å²) in [5.74, 6) is -0.837. The third kappa shape index (κ3) is 2.67. The second-order valence-electron chi connectivity index (χ2n) is 3.97. The van der Waals surface area contributed by atoms with Crippen molar-refractivity contribution in [3.8, 4) is 0 Å². The van der Waals surface area contributed by atoms with Gasteiger partial charge >= 0.3 is 5.97 Å². The van der Waals surface area contributed by atoms with Gasteiger partial charge in [-0.25, -0.2) is 15.0 Å². The zero-order chi connectivity index (χ0) is 14.1. The van der Waals surface area contributed by atoms with E-state index in [2.05, 4.69) is 15.0 Å². The molecule has 5 nitrogen and oxygen atoms in total. The Kier molecular flexibility index (Phi) is 3.68. The van der Waals surface area contributed by atoms with E-state index in [-0.39, 0.29) is 6.42 Å². The third-order valence-corrected chi connectivity index (χ3v) is 5.84. The number of aromatic nitrogens is 3. The normalized spacial score (nSPS) is 11.1. The van der Waals surface area contributed by atoms with E-state index in [0.29, 0.717) is 0 Å². The molecule has 0 unspecified atom stereocenters. The van der Waals surface area contributed by atoms with Crippen LogP contribution >= 0.6 is 34.4 Å². The second kappa shape index (κ2) is 5.47. The van der Waals surface area contributed by atoms with Crippen LogP contribution in [0.3, 0.4) is 0 Å². The van der Waals surface area contributed by atoms with Gasteiger partial charge in [-0.15, -0.1) is 22.7 Å². The summed E-state index contributed by atoms with van der Waals surface area (Å²) in [6, 6.07) is 1.95. The van der Waals surface area contributed by atoms with Gasteiger partial charge in [0.15, 0.2) is 4.34 Å². The van der Waals surface area contributed by atoms with Crippen LogP contribution in [0.5, 0.6) is 0 Å². The number of carboxylic acid groups (broad SMARTS) is 1. The van der Waals surface area contributed by atoms with Gasteiger partial charge in [0.25, 0.3) is 0 Å². The van der Waals surface area contributed by atoms with Gasteiger partial charge in [-0.1, -0.05) is 0 Å². The molecule has 0 aliphatic heterocycles. The van der Waals surface area contributed by atoms with E-state index in [1.165, 1.54) is 29.4 Å². The molecule has 0 aliphatic carbocycles. The van der Waals surface area contributed by atoms with Crippen LogP contribution in [0.4, 0.5) is 0 Å². The Morgan fingerprint density at radius 1 is 1.45 bits per heavy atom.